The third-order valence-corrected chi connectivity index (χ3v) is 3.95. The van der Waals surface area contributed by atoms with E-state index in [1.807, 2.05) is 19.3 Å². The van der Waals surface area contributed by atoms with Gasteiger partial charge in [0.15, 0.2) is 0 Å². The Hall–Kier alpha value is -1.29. The van der Waals surface area contributed by atoms with Crippen molar-refractivity contribution < 1.29 is 9.90 Å². The molecular formula is C14H22N2O2. The molecule has 1 aliphatic carbocycles. The first-order valence-corrected chi connectivity index (χ1v) is 6.61. The van der Waals surface area contributed by atoms with Gasteiger partial charge in [-0.15, -0.1) is 0 Å². The second-order valence-corrected chi connectivity index (χ2v) is 5.60. The van der Waals surface area contributed by atoms with Crippen LogP contribution in [-0.2, 0) is 7.05 Å². The molecule has 1 heterocycles. The largest absolute Gasteiger partial charge is 0.394 e. The number of aliphatic hydroxyl groups is 1. The molecule has 0 saturated heterocycles. The summed E-state index contributed by atoms with van der Waals surface area (Å²) < 4.78 is 1.80. The van der Waals surface area contributed by atoms with Crippen molar-refractivity contribution in [1.29, 1.82) is 0 Å². The third kappa shape index (κ3) is 2.58. The van der Waals surface area contributed by atoms with Crippen LogP contribution in [0.3, 0.4) is 0 Å². The lowest BCUT2D eigenvalue weighted by atomic mass is 9.77. The molecule has 100 valence electrons. The van der Waals surface area contributed by atoms with Crippen molar-refractivity contribution >= 4 is 5.91 Å². The Morgan fingerprint density at radius 2 is 2.44 bits per heavy atom. The van der Waals surface area contributed by atoms with Crippen LogP contribution in [0.2, 0.25) is 0 Å². The lowest BCUT2D eigenvalue weighted by molar-refractivity contribution is 0.0690. The number of aliphatic hydroxyl groups excluding tert-OH is 1. The van der Waals surface area contributed by atoms with Crippen LogP contribution < -0.4 is 5.32 Å². The maximum atomic E-state index is 12.2. The monoisotopic (exact) mass is 250 g/mol. The van der Waals surface area contributed by atoms with E-state index >= 15 is 0 Å². The fourth-order valence-electron chi connectivity index (χ4n) is 2.96. The van der Waals surface area contributed by atoms with Crippen molar-refractivity contribution in [2.75, 3.05) is 6.61 Å². The van der Waals surface area contributed by atoms with E-state index in [1.165, 1.54) is 6.42 Å². The van der Waals surface area contributed by atoms with E-state index in [0.29, 0.717) is 11.6 Å². The number of carbonyl (C=O) groups excluding carboxylic acids is 1. The molecule has 1 fully saturated rings. The average molecular weight is 250 g/mol. The van der Waals surface area contributed by atoms with Gasteiger partial charge in [0.25, 0.3) is 5.91 Å². The molecule has 18 heavy (non-hydrogen) atoms. The number of amides is 1. The van der Waals surface area contributed by atoms with Gasteiger partial charge in [0.1, 0.15) is 5.69 Å². The predicted molar refractivity (Wildman–Crippen MR) is 70.3 cm³/mol. The number of hydrogen-bond acceptors (Lipinski definition) is 2. The minimum absolute atomic E-state index is 0.0213. The summed E-state index contributed by atoms with van der Waals surface area (Å²) in [5.74, 6) is 0.463. The summed E-state index contributed by atoms with van der Waals surface area (Å²) in [7, 11) is 1.85. The average Bonchev–Trinajstić information content (AvgIpc) is 2.75. The molecule has 1 saturated carbocycles. The molecule has 0 radical (unpaired) electrons. The first kappa shape index (κ1) is 13.1. The van der Waals surface area contributed by atoms with Gasteiger partial charge in [-0.05, 0) is 30.9 Å². The van der Waals surface area contributed by atoms with E-state index < -0.39 is 5.54 Å². The van der Waals surface area contributed by atoms with Crippen molar-refractivity contribution in [3.8, 4) is 0 Å². The highest BCUT2D eigenvalue weighted by Crippen LogP contribution is 2.32. The van der Waals surface area contributed by atoms with Crippen molar-refractivity contribution in [3.63, 3.8) is 0 Å². The Labute approximate surface area is 108 Å². The van der Waals surface area contributed by atoms with Gasteiger partial charge in [0, 0.05) is 13.2 Å². The van der Waals surface area contributed by atoms with E-state index in [9.17, 15) is 9.90 Å². The molecule has 0 spiro atoms. The van der Waals surface area contributed by atoms with Crippen molar-refractivity contribution in [3.05, 3.63) is 24.0 Å². The smallest absolute Gasteiger partial charge is 0.268 e. The molecule has 0 aromatic carbocycles. The van der Waals surface area contributed by atoms with Crippen LogP contribution in [0.1, 0.15) is 43.1 Å². The van der Waals surface area contributed by atoms with Crippen LogP contribution in [0.15, 0.2) is 18.3 Å². The van der Waals surface area contributed by atoms with Crippen molar-refractivity contribution in [2.24, 2.45) is 13.0 Å². The number of nitrogens with zero attached hydrogens (tertiary/aromatic N) is 1. The molecule has 2 N–H and O–H groups in total. The van der Waals surface area contributed by atoms with Crippen LogP contribution in [0.4, 0.5) is 0 Å². The molecule has 4 heteroatoms. The lowest BCUT2D eigenvalue weighted by Gasteiger charge is -2.39. The van der Waals surface area contributed by atoms with E-state index in [0.717, 1.165) is 19.3 Å². The molecule has 1 amide bonds. The molecule has 2 rings (SSSR count). The fraction of sp³-hybridized carbons (Fsp3) is 0.643. The van der Waals surface area contributed by atoms with Crippen molar-refractivity contribution in [1.82, 2.24) is 9.88 Å². The minimum Gasteiger partial charge on any atom is -0.394 e. The maximum Gasteiger partial charge on any atom is 0.268 e. The number of aromatic nitrogens is 1. The number of nitrogens with one attached hydrogen (secondary N) is 1. The summed E-state index contributed by atoms with van der Waals surface area (Å²) in [5, 5.41) is 12.7. The summed E-state index contributed by atoms with van der Waals surface area (Å²) in [6.45, 7) is 2.20. The van der Waals surface area contributed by atoms with Crippen LogP contribution in [0, 0.1) is 5.92 Å². The minimum atomic E-state index is -0.432. The number of aryl methyl sites for hydroxylation is 1. The molecule has 0 aliphatic heterocycles. The highest BCUT2D eigenvalue weighted by molar-refractivity contribution is 5.93. The van der Waals surface area contributed by atoms with Gasteiger partial charge in [-0.3, -0.25) is 4.79 Å². The Bertz CT molecular complexity index is 427. The Morgan fingerprint density at radius 3 is 3.00 bits per heavy atom. The van der Waals surface area contributed by atoms with E-state index in [4.69, 9.17) is 0 Å². The summed E-state index contributed by atoms with van der Waals surface area (Å²) in [5.41, 5.74) is 0.208. The lowest BCUT2D eigenvalue weighted by Crippen LogP contribution is -2.54. The van der Waals surface area contributed by atoms with Gasteiger partial charge in [0.05, 0.1) is 12.1 Å². The highest BCUT2D eigenvalue weighted by Gasteiger charge is 2.36. The van der Waals surface area contributed by atoms with Gasteiger partial charge in [-0.2, -0.15) is 0 Å². The van der Waals surface area contributed by atoms with Gasteiger partial charge < -0.3 is 15.0 Å². The Morgan fingerprint density at radius 1 is 1.67 bits per heavy atom. The van der Waals surface area contributed by atoms with Gasteiger partial charge in [0.2, 0.25) is 0 Å². The number of hydrogen-bond donors (Lipinski definition) is 2. The third-order valence-electron chi connectivity index (χ3n) is 3.95. The van der Waals surface area contributed by atoms with Crippen LogP contribution >= 0.6 is 0 Å². The first-order valence-electron chi connectivity index (χ1n) is 6.61. The summed E-state index contributed by atoms with van der Waals surface area (Å²) in [6.07, 6.45) is 5.82. The zero-order valence-corrected chi connectivity index (χ0v) is 11.1. The zero-order chi connectivity index (χ0) is 13.2. The second kappa shape index (κ2) is 5.14. The molecule has 1 aromatic rings. The normalized spacial score (nSPS) is 28.1. The highest BCUT2D eigenvalue weighted by atomic mass is 16.3. The van der Waals surface area contributed by atoms with E-state index in [-0.39, 0.29) is 12.5 Å². The molecule has 0 bridgehead atoms. The fourth-order valence-corrected chi connectivity index (χ4v) is 2.96. The van der Waals surface area contributed by atoms with Crippen LogP contribution in [-0.4, -0.2) is 27.7 Å². The van der Waals surface area contributed by atoms with Gasteiger partial charge in [-0.25, -0.2) is 0 Å². The molecule has 2 unspecified atom stereocenters. The Balaban J connectivity index is 2.11. The Kier molecular flexibility index (Phi) is 3.76. The molecule has 1 aliphatic rings. The van der Waals surface area contributed by atoms with E-state index in [1.54, 1.807) is 10.6 Å². The second-order valence-electron chi connectivity index (χ2n) is 5.60. The summed E-state index contributed by atoms with van der Waals surface area (Å²) in [4.78, 5) is 12.2. The zero-order valence-electron chi connectivity index (χ0n) is 11.1. The predicted octanol–water partition coefficient (Wildman–Crippen LogP) is 1.70. The molecular weight excluding hydrogens is 228 g/mol. The molecule has 2 atom stereocenters. The quantitative estimate of drug-likeness (QED) is 0.858. The number of carbonyl (C=O) groups is 1. The molecule has 1 aromatic heterocycles. The summed E-state index contributed by atoms with van der Waals surface area (Å²) in [6, 6.07) is 3.65. The standard InChI is InChI=1S/C14H22N2O2/c1-11-5-3-7-14(9-11,10-17)15-13(18)12-6-4-8-16(12)2/h4,6,8,11,17H,3,5,7,9-10H2,1-2H3,(H,15,18). The number of rotatable bonds is 3. The summed E-state index contributed by atoms with van der Waals surface area (Å²) >= 11 is 0. The maximum absolute atomic E-state index is 12.2. The van der Waals surface area contributed by atoms with Crippen LogP contribution in [0.5, 0.6) is 0 Å². The first-order chi connectivity index (χ1) is 8.56. The topological polar surface area (TPSA) is 54.3 Å². The SMILES string of the molecule is CC1CCCC(CO)(NC(=O)c2cccn2C)C1. The van der Waals surface area contributed by atoms with E-state index in [2.05, 4.69) is 12.2 Å². The van der Waals surface area contributed by atoms with Crippen molar-refractivity contribution in [2.45, 2.75) is 38.1 Å². The van der Waals surface area contributed by atoms with Gasteiger partial charge in [-0.1, -0.05) is 19.8 Å². The van der Waals surface area contributed by atoms with Gasteiger partial charge >= 0.3 is 0 Å². The molecule has 4 nitrogen and oxygen atoms in total. The van der Waals surface area contributed by atoms with Crippen LogP contribution in [0.25, 0.3) is 0 Å².